The topological polar surface area (TPSA) is 94.5 Å². The highest BCUT2D eigenvalue weighted by molar-refractivity contribution is 6.74. The molecule has 3 unspecified atom stereocenters. The molecular formula is C30H42ClNO7Si. The summed E-state index contributed by atoms with van der Waals surface area (Å²) in [6.07, 6.45) is -0.558. The highest BCUT2D eigenvalue weighted by atomic mass is 35.5. The van der Waals surface area contributed by atoms with Crippen LogP contribution in [0.4, 0.5) is 4.79 Å². The van der Waals surface area contributed by atoms with E-state index in [1.54, 1.807) is 19.1 Å². The molecular weight excluding hydrogens is 550 g/mol. The zero-order valence-electron chi connectivity index (χ0n) is 24.3. The maximum atomic E-state index is 13.3. The lowest BCUT2D eigenvalue weighted by Gasteiger charge is -2.45. The Balaban J connectivity index is 1.75. The predicted octanol–water partition coefficient (Wildman–Crippen LogP) is 6.83. The van der Waals surface area contributed by atoms with Gasteiger partial charge in [-0.2, -0.15) is 0 Å². The fourth-order valence-electron chi connectivity index (χ4n) is 4.64. The molecule has 1 aliphatic rings. The summed E-state index contributed by atoms with van der Waals surface area (Å²) in [5.74, 6) is -0.0437. The molecule has 0 aromatic heterocycles. The van der Waals surface area contributed by atoms with Gasteiger partial charge in [0.15, 0.2) is 8.32 Å². The van der Waals surface area contributed by atoms with Crippen LogP contribution in [0.5, 0.6) is 11.5 Å². The van der Waals surface area contributed by atoms with Gasteiger partial charge in [0.2, 0.25) is 0 Å². The van der Waals surface area contributed by atoms with E-state index < -0.39 is 32.3 Å². The molecule has 1 aliphatic heterocycles. The summed E-state index contributed by atoms with van der Waals surface area (Å²) in [7, 11) is -2.19. The number of amides is 1. The molecule has 2 aromatic rings. The lowest BCUT2D eigenvalue weighted by Crippen LogP contribution is -2.57. The van der Waals surface area contributed by atoms with Crippen LogP contribution in [0.3, 0.4) is 0 Å². The van der Waals surface area contributed by atoms with Crippen LogP contribution in [-0.4, -0.2) is 69.4 Å². The summed E-state index contributed by atoms with van der Waals surface area (Å²) >= 11 is 6.12. The quantitative estimate of drug-likeness (QED) is 0.174. The number of carbonyl (C=O) groups is 2. The molecule has 0 radical (unpaired) electrons. The van der Waals surface area contributed by atoms with Crippen LogP contribution in [-0.2, 0) is 14.0 Å². The molecule has 1 amide bonds. The third kappa shape index (κ3) is 7.92. The highest BCUT2D eigenvalue weighted by Crippen LogP contribution is 2.41. The van der Waals surface area contributed by atoms with Crippen LogP contribution >= 0.6 is 11.6 Å². The van der Waals surface area contributed by atoms with Crippen LogP contribution in [0.1, 0.15) is 45.6 Å². The largest absolute Gasteiger partial charge is 0.490 e. The van der Waals surface area contributed by atoms with E-state index in [0.717, 1.165) is 5.56 Å². The summed E-state index contributed by atoms with van der Waals surface area (Å²) in [6, 6.07) is 14.2. The van der Waals surface area contributed by atoms with Gasteiger partial charge in [-0.1, -0.05) is 56.6 Å². The minimum atomic E-state index is -2.19. The summed E-state index contributed by atoms with van der Waals surface area (Å²) in [5, 5.41) is 10.5. The molecule has 1 N–H and O–H groups in total. The molecule has 8 nitrogen and oxygen atoms in total. The van der Waals surface area contributed by atoms with Gasteiger partial charge in [0.25, 0.3) is 0 Å². The molecule has 0 bridgehead atoms. The first-order valence-corrected chi connectivity index (χ1v) is 17.0. The molecule has 2 aromatic carbocycles. The molecule has 3 atom stereocenters. The Morgan fingerprint density at radius 3 is 2.30 bits per heavy atom. The molecule has 0 spiro atoms. The Morgan fingerprint density at radius 1 is 1.05 bits per heavy atom. The number of piperidine rings is 1. The van der Waals surface area contributed by atoms with Crippen molar-refractivity contribution in [2.24, 2.45) is 5.92 Å². The molecule has 1 saturated heterocycles. The lowest BCUT2D eigenvalue weighted by molar-refractivity contribution is -0.153. The normalized spacial score (nSPS) is 19.7. The molecule has 1 heterocycles. The molecule has 0 aliphatic carbocycles. The summed E-state index contributed by atoms with van der Waals surface area (Å²) in [4.78, 5) is 26.9. The molecule has 10 heteroatoms. The van der Waals surface area contributed by atoms with E-state index >= 15 is 0 Å². The fraction of sp³-hybridized carbons (Fsp3) is 0.533. The van der Waals surface area contributed by atoms with Crippen molar-refractivity contribution >= 4 is 32.0 Å². The minimum Gasteiger partial charge on any atom is -0.490 e. The van der Waals surface area contributed by atoms with Crippen molar-refractivity contribution in [1.82, 2.24) is 4.90 Å². The van der Waals surface area contributed by atoms with Crippen molar-refractivity contribution in [3.8, 4) is 11.5 Å². The Bertz CT molecular complexity index is 1140. The smallest absolute Gasteiger partial charge is 0.407 e. The van der Waals surface area contributed by atoms with Crippen molar-refractivity contribution in [3.63, 3.8) is 0 Å². The first-order valence-electron chi connectivity index (χ1n) is 13.8. The number of nitrogens with zero attached hydrogens (tertiary/aromatic N) is 1. The van der Waals surface area contributed by atoms with Gasteiger partial charge in [-0.05, 0) is 61.3 Å². The maximum absolute atomic E-state index is 13.3. The van der Waals surface area contributed by atoms with E-state index in [0.29, 0.717) is 42.7 Å². The number of ether oxygens (including phenoxy) is 3. The van der Waals surface area contributed by atoms with E-state index in [4.69, 9.17) is 30.2 Å². The summed E-state index contributed by atoms with van der Waals surface area (Å²) < 4.78 is 23.4. The fourth-order valence-corrected chi connectivity index (χ4v) is 5.86. The second kappa shape index (κ2) is 13.7. The molecule has 3 rings (SSSR count). The number of carboxylic acid groups (broad SMARTS) is 1. The number of esters is 1. The number of benzene rings is 2. The predicted molar refractivity (Wildman–Crippen MR) is 158 cm³/mol. The van der Waals surface area contributed by atoms with Crippen LogP contribution in [0, 0.1) is 5.92 Å². The van der Waals surface area contributed by atoms with Gasteiger partial charge in [0.1, 0.15) is 24.7 Å². The van der Waals surface area contributed by atoms with Crippen LogP contribution < -0.4 is 9.47 Å². The van der Waals surface area contributed by atoms with Gasteiger partial charge in [0, 0.05) is 12.5 Å². The number of rotatable bonds is 11. The zero-order chi connectivity index (χ0) is 29.5. The number of carbonyl (C=O) groups excluding carboxylic acids is 1. The SMILES string of the molecule is CCOC(=O)C1C(c2ccc(OCCOc3ccccc3Cl)cc2)CCN(C(=O)O)C1CO[Si](C)(C)C(C)(C)C. The molecule has 40 heavy (non-hydrogen) atoms. The first-order chi connectivity index (χ1) is 18.9. The van der Waals surface area contributed by atoms with Crippen LogP contribution in [0.25, 0.3) is 0 Å². The van der Waals surface area contributed by atoms with Gasteiger partial charge in [-0.3, -0.25) is 4.79 Å². The molecule has 0 saturated carbocycles. The zero-order valence-corrected chi connectivity index (χ0v) is 26.1. The number of hydrogen-bond acceptors (Lipinski definition) is 6. The number of likely N-dealkylation sites (tertiary alicyclic amines) is 1. The maximum Gasteiger partial charge on any atom is 0.407 e. The minimum absolute atomic E-state index is 0.0528. The molecule has 220 valence electrons. The Kier molecular flexibility index (Phi) is 10.9. The highest BCUT2D eigenvalue weighted by Gasteiger charge is 2.47. The van der Waals surface area contributed by atoms with E-state index in [1.165, 1.54) is 4.90 Å². The summed E-state index contributed by atoms with van der Waals surface area (Å²) in [6.45, 7) is 13.7. The Morgan fingerprint density at radius 2 is 1.70 bits per heavy atom. The third-order valence-electron chi connectivity index (χ3n) is 7.91. The Labute approximate surface area is 243 Å². The van der Waals surface area contributed by atoms with E-state index in [1.807, 2.05) is 36.4 Å². The first kappa shape index (κ1) is 31.8. The lowest BCUT2D eigenvalue weighted by atomic mass is 9.76. The van der Waals surface area contributed by atoms with Gasteiger partial charge < -0.3 is 28.6 Å². The number of para-hydroxylation sites is 1. The van der Waals surface area contributed by atoms with E-state index in [-0.39, 0.29) is 24.2 Å². The Hall–Kier alpha value is -2.75. The van der Waals surface area contributed by atoms with Crippen molar-refractivity contribution in [2.45, 2.75) is 64.2 Å². The van der Waals surface area contributed by atoms with Crippen molar-refractivity contribution in [1.29, 1.82) is 0 Å². The standard InChI is InChI=1S/C30H42ClNO7Si/c1-7-36-28(33)27-23(16-17-32(29(34)35)25(27)20-39-40(5,6)30(2,3)4)21-12-14-22(15-13-21)37-18-19-38-26-11-9-8-10-24(26)31/h8-15,23,25,27H,7,16-20H2,1-6H3,(H,34,35). The van der Waals surface area contributed by atoms with Crippen molar-refractivity contribution in [2.75, 3.05) is 33.0 Å². The average molecular weight is 592 g/mol. The van der Waals surface area contributed by atoms with Crippen molar-refractivity contribution < 1.29 is 33.3 Å². The van der Waals surface area contributed by atoms with Gasteiger partial charge >= 0.3 is 12.1 Å². The summed E-state index contributed by atoms with van der Waals surface area (Å²) in [5.41, 5.74) is 0.931. The average Bonchev–Trinajstić information content (AvgIpc) is 2.90. The third-order valence-corrected chi connectivity index (χ3v) is 12.7. The van der Waals surface area contributed by atoms with Gasteiger partial charge in [0.05, 0.1) is 30.2 Å². The van der Waals surface area contributed by atoms with Crippen LogP contribution in [0.15, 0.2) is 48.5 Å². The number of hydrogen-bond donors (Lipinski definition) is 1. The van der Waals surface area contributed by atoms with E-state index in [9.17, 15) is 14.7 Å². The second-order valence-corrected chi connectivity index (χ2v) is 16.7. The van der Waals surface area contributed by atoms with Gasteiger partial charge in [-0.25, -0.2) is 4.79 Å². The van der Waals surface area contributed by atoms with Crippen LogP contribution in [0.2, 0.25) is 23.2 Å². The second-order valence-electron chi connectivity index (χ2n) is 11.5. The van der Waals surface area contributed by atoms with Gasteiger partial charge in [-0.15, -0.1) is 0 Å². The number of halogens is 1. The van der Waals surface area contributed by atoms with Crippen molar-refractivity contribution in [3.05, 3.63) is 59.1 Å². The molecule has 1 fully saturated rings. The monoisotopic (exact) mass is 591 g/mol. The van der Waals surface area contributed by atoms with E-state index in [2.05, 4.69) is 33.9 Å².